The smallest absolute Gasteiger partial charge is 0.144 e. The Morgan fingerprint density at radius 2 is 2.43 bits per heavy atom. The first kappa shape index (κ1) is 10.3. The van der Waals surface area contributed by atoms with E-state index >= 15 is 0 Å². The summed E-state index contributed by atoms with van der Waals surface area (Å²) in [5.41, 5.74) is 0.846. The molecule has 2 nitrogen and oxygen atoms in total. The Kier molecular flexibility index (Phi) is 4.21. The van der Waals surface area contributed by atoms with E-state index in [0.717, 1.165) is 11.5 Å². The number of furan rings is 1. The Balaban J connectivity index is 2.74. The molecule has 1 aromatic heterocycles. The van der Waals surface area contributed by atoms with Crippen LogP contribution in [0.4, 0.5) is 0 Å². The molecular weight excluding hydrogens is 174 g/mol. The van der Waals surface area contributed by atoms with Crippen molar-refractivity contribution in [1.29, 1.82) is 0 Å². The number of hydrogen-bond donors (Lipinski definition) is 0. The predicted molar refractivity (Wildman–Crippen MR) is 59.4 cm³/mol. The van der Waals surface area contributed by atoms with Crippen LogP contribution in [0.2, 0.25) is 0 Å². The third kappa shape index (κ3) is 3.27. The van der Waals surface area contributed by atoms with Gasteiger partial charge >= 0.3 is 0 Å². The van der Waals surface area contributed by atoms with Crippen LogP contribution in [0.3, 0.4) is 0 Å². The van der Waals surface area contributed by atoms with E-state index in [-0.39, 0.29) is 0 Å². The highest BCUT2D eigenvalue weighted by Crippen LogP contribution is 2.02. The first-order valence-electron chi connectivity index (χ1n) is 4.40. The van der Waals surface area contributed by atoms with Crippen molar-refractivity contribution in [2.45, 2.75) is 6.92 Å². The van der Waals surface area contributed by atoms with Gasteiger partial charge in [0.05, 0.1) is 18.2 Å². The molecule has 0 N–H and O–H groups in total. The Labute approximate surface area is 84.0 Å². The Hall–Kier alpha value is -1.83. The van der Waals surface area contributed by atoms with Crippen LogP contribution in [0.5, 0.6) is 0 Å². The van der Waals surface area contributed by atoms with E-state index in [0.29, 0.717) is 0 Å². The van der Waals surface area contributed by atoms with Crippen molar-refractivity contribution < 1.29 is 4.42 Å². The molecule has 0 spiro atoms. The summed E-state index contributed by atoms with van der Waals surface area (Å²) in [6.45, 7) is 5.56. The fourth-order valence-corrected chi connectivity index (χ4v) is 0.936. The van der Waals surface area contributed by atoms with Crippen molar-refractivity contribution in [3.05, 3.63) is 60.7 Å². The molecule has 0 radical (unpaired) electrons. The molecule has 0 aliphatic heterocycles. The number of aliphatic imine (C=N–C) groups is 1. The lowest BCUT2D eigenvalue weighted by Gasteiger charge is -1.90. The largest absolute Gasteiger partial charge is 0.463 e. The summed E-state index contributed by atoms with van der Waals surface area (Å²) >= 11 is 0. The molecule has 0 aromatic carbocycles. The fourth-order valence-electron chi connectivity index (χ4n) is 0.936. The normalized spacial score (nSPS) is 12.8. The molecule has 0 amide bonds. The van der Waals surface area contributed by atoms with Crippen LogP contribution in [0.25, 0.3) is 0 Å². The second kappa shape index (κ2) is 5.75. The number of hydrogen-bond acceptors (Lipinski definition) is 2. The standard InChI is InChI=1S/C12H13NO/c1-3-6-11(7-4-2)13-10-12-8-5-9-14-12/h3-10H,1H2,2H3/b7-4-,11-6+,13-10+. The molecular formula is C12H13NO. The Morgan fingerprint density at radius 1 is 1.57 bits per heavy atom. The number of rotatable bonds is 4. The minimum absolute atomic E-state index is 0.740. The lowest BCUT2D eigenvalue weighted by Crippen LogP contribution is -1.77. The van der Waals surface area contributed by atoms with Gasteiger partial charge in [-0.05, 0) is 31.2 Å². The van der Waals surface area contributed by atoms with Crippen molar-refractivity contribution in [2.24, 2.45) is 4.99 Å². The second-order valence-electron chi connectivity index (χ2n) is 2.60. The van der Waals surface area contributed by atoms with Crippen molar-refractivity contribution in [3.63, 3.8) is 0 Å². The van der Waals surface area contributed by atoms with Gasteiger partial charge in [0.1, 0.15) is 5.76 Å². The van der Waals surface area contributed by atoms with Gasteiger partial charge in [-0.1, -0.05) is 18.7 Å². The summed E-state index contributed by atoms with van der Waals surface area (Å²) in [5, 5.41) is 0. The summed E-state index contributed by atoms with van der Waals surface area (Å²) in [7, 11) is 0. The number of nitrogens with zero attached hydrogens (tertiary/aromatic N) is 1. The minimum Gasteiger partial charge on any atom is -0.463 e. The van der Waals surface area contributed by atoms with E-state index < -0.39 is 0 Å². The highest BCUT2D eigenvalue weighted by molar-refractivity contribution is 5.76. The lowest BCUT2D eigenvalue weighted by molar-refractivity contribution is 0.560. The molecule has 0 aliphatic carbocycles. The molecule has 1 rings (SSSR count). The van der Waals surface area contributed by atoms with Crippen molar-refractivity contribution in [1.82, 2.24) is 0 Å². The fraction of sp³-hybridized carbons (Fsp3) is 0.0833. The minimum atomic E-state index is 0.740. The van der Waals surface area contributed by atoms with Gasteiger partial charge in [-0.25, -0.2) is 0 Å². The monoisotopic (exact) mass is 187 g/mol. The zero-order valence-electron chi connectivity index (χ0n) is 8.18. The van der Waals surface area contributed by atoms with Crippen LogP contribution in [0.1, 0.15) is 12.7 Å². The maximum absolute atomic E-state index is 5.11. The molecule has 0 atom stereocenters. The molecule has 2 heteroatoms. The van der Waals surface area contributed by atoms with E-state index in [1.807, 2.05) is 37.3 Å². The molecule has 0 unspecified atom stereocenters. The van der Waals surface area contributed by atoms with E-state index in [1.54, 1.807) is 18.6 Å². The molecule has 72 valence electrons. The first-order valence-corrected chi connectivity index (χ1v) is 4.40. The zero-order chi connectivity index (χ0) is 10.2. The summed E-state index contributed by atoms with van der Waals surface area (Å²) in [5.74, 6) is 0.740. The van der Waals surface area contributed by atoms with Crippen LogP contribution in [-0.4, -0.2) is 6.21 Å². The average Bonchev–Trinajstić information content (AvgIpc) is 2.67. The maximum atomic E-state index is 5.11. The number of allylic oxidation sites excluding steroid dienone is 4. The second-order valence-corrected chi connectivity index (χ2v) is 2.60. The summed E-state index contributed by atoms with van der Waals surface area (Å²) in [4.78, 5) is 4.23. The van der Waals surface area contributed by atoms with Gasteiger partial charge in [0.2, 0.25) is 0 Å². The van der Waals surface area contributed by atoms with Crippen LogP contribution in [0, 0.1) is 0 Å². The van der Waals surface area contributed by atoms with Gasteiger partial charge in [0.25, 0.3) is 0 Å². The summed E-state index contributed by atoms with van der Waals surface area (Å²) in [6, 6.07) is 3.68. The van der Waals surface area contributed by atoms with Crippen molar-refractivity contribution in [2.75, 3.05) is 0 Å². The molecule has 0 saturated carbocycles. The van der Waals surface area contributed by atoms with Crippen LogP contribution < -0.4 is 0 Å². The molecule has 1 aromatic rings. The lowest BCUT2D eigenvalue weighted by atomic mass is 10.3. The van der Waals surface area contributed by atoms with Gasteiger partial charge in [-0.2, -0.15) is 0 Å². The maximum Gasteiger partial charge on any atom is 0.144 e. The van der Waals surface area contributed by atoms with Crippen LogP contribution in [-0.2, 0) is 0 Å². The topological polar surface area (TPSA) is 25.5 Å². The molecule has 1 heterocycles. The van der Waals surface area contributed by atoms with Crippen LogP contribution in [0.15, 0.2) is 64.4 Å². The quantitative estimate of drug-likeness (QED) is 0.524. The molecule has 0 aliphatic rings. The molecule has 0 bridgehead atoms. The Bertz CT molecular complexity index is 356. The first-order chi connectivity index (χ1) is 6.86. The van der Waals surface area contributed by atoms with Gasteiger partial charge in [-0.3, -0.25) is 4.99 Å². The van der Waals surface area contributed by atoms with Crippen LogP contribution >= 0.6 is 0 Å². The van der Waals surface area contributed by atoms with E-state index in [1.165, 1.54) is 0 Å². The summed E-state index contributed by atoms with van der Waals surface area (Å²) in [6.07, 6.45) is 10.7. The van der Waals surface area contributed by atoms with E-state index in [4.69, 9.17) is 4.42 Å². The van der Waals surface area contributed by atoms with Gasteiger partial charge < -0.3 is 4.42 Å². The Morgan fingerprint density at radius 3 is 3.00 bits per heavy atom. The summed E-state index contributed by atoms with van der Waals surface area (Å²) < 4.78 is 5.11. The highest BCUT2D eigenvalue weighted by Gasteiger charge is 1.88. The van der Waals surface area contributed by atoms with Crippen molar-refractivity contribution in [3.8, 4) is 0 Å². The van der Waals surface area contributed by atoms with Gasteiger partial charge in [0, 0.05) is 0 Å². The van der Waals surface area contributed by atoms with E-state index in [9.17, 15) is 0 Å². The molecule has 0 fully saturated rings. The highest BCUT2D eigenvalue weighted by atomic mass is 16.3. The SMILES string of the molecule is C=C/C=C(\C=C/C)/N=C/c1ccco1. The van der Waals surface area contributed by atoms with E-state index in [2.05, 4.69) is 11.6 Å². The van der Waals surface area contributed by atoms with Gasteiger partial charge in [0.15, 0.2) is 0 Å². The predicted octanol–water partition coefficient (Wildman–Crippen LogP) is 3.34. The molecule has 0 saturated heterocycles. The van der Waals surface area contributed by atoms with Crippen molar-refractivity contribution >= 4 is 6.21 Å². The zero-order valence-corrected chi connectivity index (χ0v) is 8.18. The third-order valence-corrected chi connectivity index (χ3v) is 1.51. The molecule has 14 heavy (non-hydrogen) atoms. The average molecular weight is 187 g/mol. The van der Waals surface area contributed by atoms with Gasteiger partial charge in [-0.15, -0.1) is 0 Å². The third-order valence-electron chi connectivity index (χ3n) is 1.51.